The van der Waals surface area contributed by atoms with Crippen molar-refractivity contribution in [2.45, 2.75) is 11.0 Å². The third kappa shape index (κ3) is 3.76. The molecule has 0 aromatic heterocycles. The van der Waals surface area contributed by atoms with E-state index in [1.165, 1.54) is 12.1 Å². The molecule has 0 spiro atoms. The minimum Gasteiger partial charge on any atom is -0.391 e. The van der Waals surface area contributed by atoms with E-state index in [1.807, 2.05) is 0 Å². The summed E-state index contributed by atoms with van der Waals surface area (Å²) in [6.45, 7) is 0.159. The highest BCUT2D eigenvalue weighted by Crippen LogP contribution is 2.17. The Morgan fingerprint density at radius 1 is 1.39 bits per heavy atom. The lowest BCUT2D eigenvalue weighted by atomic mass is 10.3. The first-order chi connectivity index (χ1) is 8.36. The third-order valence-corrected chi connectivity index (χ3v) is 4.07. The minimum absolute atomic E-state index is 0.0387. The number of nitrogens with zero attached hydrogens (tertiary/aromatic N) is 1. The van der Waals surface area contributed by atoms with Crippen LogP contribution in [0.5, 0.6) is 0 Å². The summed E-state index contributed by atoms with van der Waals surface area (Å²) in [6, 6.07) is 4.58. The highest BCUT2D eigenvalue weighted by molar-refractivity contribution is 7.91. The Hall–Kier alpha value is -1.51. The van der Waals surface area contributed by atoms with Crippen LogP contribution in [0.2, 0.25) is 0 Å². The Morgan fingerprint density at radius 3 is 2.39 bits per heavy atom. The Bertz CT molecular complexity index is 512. The highest BCUT2D eigenvalue weighted by Gasteiger charge is 2.20. The van der Waals surface area contributed by atoms with Crippen LogP contribution in [0.3, 0.4) is 0 Å². The van der Waals surface area contributed by atoms with E-state index in [0.29, 0.717) is 0 Å². The smallest absolute Gasteiger partial charge is 0.269 e. The number of rotatable bonds is 6. The van der Waals surface area contributed by atoms with Crippen molar-refractivity contribution in [3.8, 4) is 0 Å². The van der Waals surface area contributed by atoms with Crippen LogP contribution >= 0.6 is 0 Å². The Labute approximate surface area is 105 Å². The van der Waals surface area contributed by atoms with E-state index in [-0.39, 0.29) is 17.1 Å². The van der Waals surface area contributed by atoms with Gasteiger partial charge in [-0.3, -0.25) is 10.1 Å². The van der Waals surface area contributed by atoms with Crippen LogP contribution in [-0.4, -0.2) is 43.9 Å². The zero-order valence-electron chi connectivity index (χ0n) is 9.74. The molecular formula is C10H14N2O5S. The van der Waals surface area contributed by atoms with Gasteiger partial charge in [-0.25, -0.2) is 8.42 Å². The van der Waals surface area contributed by atoms with Gasteiger partial charge in [-0.15, -0.1) is 0 Å². The summed E-state index contributed by atoms with van der Waals surface area (Å²) in [5.74, 6) is -0.425. The molecule has 0 saturated heterocycles. The molecule has 2 N–H and O–H groups in total. The van der Waals surface area contributed by atoms with E-state index in [1.54, 1.807) is 7.05 Å². The van der Waals surface area contributed by atoms with E-state index in [4.69, 9.17) is 0 Å². The van der Waals surface area contributed by atoms with Crippen molar-refractivity contribution in [2.24, 2.45) is 0 Å². The molecular weight excluding hydrogens is 260 g/mol. The topological polar surface area (TPSA) is 110 Å². The number of non-ortho nitro benzene ring substituents is 1. The predicted molar refractivity (Wildman–Crippen MR) is 65.1 cm³/mol. The molecule has 0 radical (unpaired) electrons. The summed E-state index contributed by atoms with van der Waals surface area (Å²) in [4.78, 5) is 9.79. The van der Waals surface area contributed by atoms with Crippen molar-refractivity contribution in [3.05, 3.63) is 34.4 Å². The monoisotopic (exact) mass is 274 g/mol. The maximum Gasteiger partial charge on any atom is 0.269 e. The highest BCUT2D eigenvalue weighted by atomic mass is 32.2. The number of nitro benzene ring substituents is 1. The number of benzene rings is 1. The van der Waals surface area contributed by atoms with Gasteiger partial charge in [0.15, 0.2) is 9.84 Å². The second-order valence-electron chi connectivity index (χ2n) is 3.74. The Balaban J connectivity index is 2.88. The molecule has 100 valence electrons. The van der Waals surface area contributed by atoms with Gasteiger partial charge in [0.1, 0.15) is 0 Å². The first-order valence-corrected chi connectivity index (χ1v) is 6.82. The van der Waals surface area contributed by atoms with Gasteiger partial charge >= 0.3 is 0 Å². The standard InChI is InChI=1S/C10H14N2O5S/c1-11-6-9(13)7-18(16,17)10-4-2-8(3-5-10)12(14)15/h2-5,9,11,13H,6-7H2,1H3. The molecule has 7 nitrogen and oxygen atoms in total. The summed E-state index contributed by atoms with van der Waals surface area (Å²) in [7, 11) is -2.04. The van der Waals surface area contributed by atoms with Gasteiger partial charge in [-0.05, 0) is 19.2 Å². The number of aliphatic hydroxyl groups excluding tert-OH is 1. The molecule has 8 heteroatoms. The van der Waals surface area contributed by atoms with E-state index >= 15 is 0 Å². The van der Waals surface area contributed by atoms with Crippen molar-refractivity contribution in [1.29, 1.82) is 0 Å². The van der Waals surface area contributed by atoms with Crippen LogP contribution in [0.4, 0.5) is 5.69 Å². The first-order valence-electron chi connectivity index (χ1n) is 5.16. The van der Waals surface area contributed by atoms with Crippen molar-refractivity contribution in [1.82, 2.24) is 5.32 Å². The normalized spacial score (nSPS) is 13.2. The molecule has 0 aliphatic heterocycles. The molecule has 0 bridgehead atoms. The second-order valence-corrected chi connectivity index (χ2v) is 5.78. The number of nitrogens with one attached hydrogen (secondary N) is 1. The fraction of sp³-hybridized carbons (Fsp3) is 0.400. The Morgan fingerprint density at radius 2 is 1.94 bits per heavy atom. The summed E-state index contributed by atoms with van der Waals surface area (Å²) in [5, 5.41) is 22.5. The number of likely N-dealkylation sites (N-methyl/N-ethyl adjacent to an activating group) is 1. The summed E-state index contributed by atoms with van der Waals surface area (Å²) in [6.07, 6.45) is -1.02. The van der Waals surface area contributed by atoms with Gasteiger partial charge in [0.05, 0.1) is 21.7 Å². The molecule has 0 fully saturated rings. The molecule has 0 amide bonds. The van der Waals surface area contributed by atoms with E-state index in [9.17, 15) is 23.6 Å². The molecule has 0 saturated carbocycles. The average Bonchev–Trinajstić information content (AvgIpc) is 2.28. The molecule has 0 aliphatic carbocycles. The van der Waals surface area contributed by atoms with Gasteiger partial charge in [0.25, 0.3) is 5.69 Å². The molecule has 1 aromatic rings. The number of hydrogen-bond donors (Lipinski definition) is 2. The van der Waals surface area contributed by atoms with Crippen LogP contribution in [-0.2, 0) is 9.84 Å². The molecule has 1 unspecified atom stereocenters. The predicted octanol–water partition coefficient (Wildman–Crippen LogP) is -0.0512. The fourth-order valence-corrected chi connectivity index (χ4v) is 2.79. The van der Waals surface area contributed by atoms with Crippen molar-refractivity contribution < 1.29 is 18.4 Å². The maximum absolute atomic E-state index is 11.8. The SMILES string of the molecule is CNCC(O)CS(=O)(=O)c1ccc([N+](=O)[O-])cc1. The van der Waals surface area contributed by atoms with Gasteiger partial charge in [-0.1, -0.05) is 0 Å². The molecule has 1 rings (SSSR count). The summed E-state index contributed by atoms with van der Waals surface area (Å²) in [5.41, 5.74) is -0.176. The van der Waals surface area contributed by atoms with Crippen LogP contribution < -0.4 is 5.32 Å². The lowest BCUT2D eigenvalue weighted by molar-refractivity contribution is -0.384. The maximum atomic E-state index is 11.8. The van der Waals surface area contributed by atoms with E-state index in [2.05, 4.69) is 5.32 Å². The van der Waals surface area contributed by atoms with Gasteiger partial charge < -0.3 is 10.4 Å². The van der Waals surface area contributed by atoms with Crippen molar-refractivity contribution >= 4 is 15.5 Å². The summed E-state index contributed by atoms with van der Waals surface area (Å²) < 4.78 is 23.7. The average molecular weight is 274 g/mol. The van der Waals surface area contributed by atoms with Crippen LogP contribution in [0, 0.1) is 10.1 Å². The van der Waals surface area contributed by atoms with Crippen LogP contribution in [0.15, 0.2) is 29.2 Å². The van der Waals surface area contributed by atoms with Crippen LogP contribution in [0.25, 0.3) is 0 Å². The van der Waals surface area contributed by atoms with Crippen molar-refractivity contribution in [3.63, 3.8) is 0 Å². The van der Waals surface area contributed by atoms with E-state index < -0.39 is 26.6 Å². The number of aliphatic hydroxyl groups is 1. The van der Waals surface area contributed by atoms with Gasteiger partial charge in [-0.2, -0.15) is 0 Å². The molecule has 18 heavy (non-hydrogen) atoms. The summed E-state index contributed by atoms with van der Waals surface area (Å²) >= 11 is 0. The third-order valence-electron chi connectivity index (χ3n) is 2.26. The zero-order valence-corrected chi connectivity index (χ0v) is 10.6. The molecule has 0 aliphatic rings. The lowest BCUT2D eigenvalue weighted by Crippen LogP contribution is -2.30. The second kappa shape index (κ2) is 5.89. The molecule has 1 atom stereocenters. The zero-order chi connectivity index (χ0) is 13.8. The lowest BCUT2D eigenvalue weighted by Gasteiger charge is -2.10. The quantitative estimate of drug-likeness (QED) is 0.556. The largest absolute Gasteiger partial charge is 0.391 e. The fourth-order valence-electron chi connectivity index (χ4n) is 1.42. The van der Waals surface area contributed by atoms with Gasteiger partial charge in [0.2, 0.25) is 0 Å². The molecule has 0 heterocycles. The number of nitro groups is 1. The van der Waals surface area contributed by atoms with Gasteiger partial charge in [0, 0.05) is 18.7 Å². The number of hydrogen-bond acceptors (Lipinski definition) is 6. The molecule has 1 aromatic carbocycles. The minimum atomic E-state index is -3.64. The van der Waals surface area contributed by atoms with E-state index in [0.717, 1.165) is 12.1 Å². The van der Waals surface area contributed by atoms with Crippen molar-refractivity contribution in [2.75, 3.05) is 19.3 Å². The number of sulfone groups is 1. The van der Waals surface area contributed by atoms with Crippen LogP contribution in [0.1, 0.15) is 0 Å². The first kappa shape index (κ1) is 14.6. The Kier molecular flexibility index (Phi) is 4.76.